The van der Waals surface area contributed by atoms with Gasteiger partial charge in [-0.2, -0.15) is 0 Å². The number of unbranched alkanes of at least 4 members (excludes halogenated alkanes) is 1. The Bertz CT molecular complexity index is 339. The van der Waals surface area contributed by atoms with E-state index in [1.807, 2.05) is 32.6 Å². The molecule has 0 bridgehead atoms. The van der Waals surface area contributed by atoms with E-state index < -0.39 is 0 Å². The second kappa shape index (κ2) is 9.70. The van der Waals surface area contributed by atoms with Crippen LogP contribution < -0.4 is 0 Å². The van der Waals surface area contributed by atoms with Crippen LogP contribution >= 0.6 is 0 Å². The fourth-order valence-electron chi connectivity index (χ4n) is 2.29. The number of hydrogen-bond donors (Lipinski definition) is 0. The lowest BCUT2D eigenvalue weighted by atomic mass is 10.2. The molecule has 1 fully saturated rings. The van der Waals surface area contributed by atoms with Gasteiger partial charge in [0.25, 0.3) is 0 Å². The molecule has 0 N–H and O–H groups in total. The van der Waals surface area contributed by atoms with Gasteiger partial charge in [0.15, 0.2) is 0 Å². The van der Waals surface area contributed by atoms with Crippen molar-refractivity contribution in [1.29, 1.82) is 0 Å². The minimum atomic E-state index is -0.390. The van der Waals surface area contributed by atoms with Crippen LogP contribution in [0.1, 0.15) is 73.6 Å². The van der Waals surface area contributed by atoms with Gasteiger partial charge >= 0.3 is 12.1 Å². The highest BCUT2D eigenvalue weighted by atomic mass is 16.6. The van der Waals surface area contributed by atoms with Crippen LogP contribution in [0.2, 0.25) is 0 Å². The monoisotopic (exact) mass is 315 g/mol. The van der Waals surface area contributed by atoms with E-state index >= 15 is 0 Å². The first-order valence-electron chi connectivity index (χ1n) is 8.20. The highest BCUT2D eigenvalue weighted by molar-refractivity contribution is 5.69. The van der Waals surface area contributed by atoms with E-state index in [0.29, 0.717) is 18.5 Å². The minimum Gasteiger partial charge on any atom is -0.469 e. The fourth-order valence-corrected chi connectivity index (χ4v) is 2.29. The minimum absolute atomic E-state index is 0.105. The molecule has 0 aromatic heterocycles. The summed E-state index contributed by atoms with van der Waals surface area (Å²) < 4.78 is 9.76. The Morgan fingerprint density at radius 1 is 1.14 bits per heavy atom. The molecule has 0 saturated carbocycles. The highest BCUT2D eigenvalue weighted by Gasteiger charge is 2.34. The number of ether oxygens (including phenoxy) is 2. The van der Waals surface area contributed by atoms with E-state index in [2.05, 4.69) is 18.6 Å². The molecule has 22 heavy (non-hydrogen) atoms. The maximum Gasteiger partial charge on any atom is 0.410 e. The standard InChI is InChI=1S/C11H21NO2.C6H12O2/c1-8-6-7-9(2)12(8)10(13)14-11(3,4)5;1-3-4-5-6(7)8-2/h8-9H,6-7H2,1-5H3;3-5H2,1-2H3. The largest absolute Gasteiger partial charge is 0.469 e. The molecular formula is C17H33NO4. The Labute approximate surface area is 135 Å². The topological polar surface area (TPSA) is 55.8 Å². The Hall–Kier alpha value is -1.26. The zero-order valence-electron chi connectivity index (χ0n) is 15.3. The number of likely N-dealkylation sites (tertiary alicyclic amines) is 1. The SMILES string of the molecule is CC1CCC(C)N1C(=O)OC(C)(C)C.CCCCC(=O)OC. The van der Waals surface area contributed by atoms with E-state index in [-0.39, 0.29) is 17.7 Å². The normalized spacial score (nSPS) is 21.0. The number of hydrogen-bond acceptors (Lipinski definition) is 4. The zero-order valence-corrected chi connectivity index (χ0v) is 15.3. The molecule has 2 atom stereocenters. The Morgan fingerprint density at radius 3 is 2.00 bits per heavy atom. The lowest BCUT2D eigenvalue weighted by Crippen LogP contribution is -2.42. The summed E-state index contributed by atoms with van der Waals surface area (Å²) in [5.41, 5.74) is -0.390. The number of nitrogens with zero attached hydrogens (tertiary/aromatic N) is 1. The van der Waals surface area contributed by atoms with Crippen molar-refractivity contribution in [2.45, 2.75) is 91.3 Å². The molecular weight excluding hydrogens is 282 g/mol. The van der Waals surface area contributed by atoms with Crippen LogP contribution in [0.5, 0.6) is 0 Å². The van der Waals surface area contributed by atoms with Crippen molar-refractivity contribution in [2.24, 2.45) is 0 Å². The van der Waals surface area contributed by atoms with E-state index in [1.165, 1.54) is 7.11 Å². The first-order chi connectivity index (χ1) is 10.1. The van der Waals surface area contributed by atoms with E-state index in [1.54, 1.807) is 0 Å². The molecule has 130 valence electrons. The smallest absolute Gasteiger partial charge is 0.410 e. The lowest BCUT2D eigenvalue weighted by Gasteiger charge is -2.29. The van der Waals surface area contributed by atoms with Gasteiger partial charge in [0.2, 0.25) is 0 Å². The van der Waals surface area contributed by atoms with Crippen LogP contribution in [0.3, 0.4) is 0 Å². The highest BCUT2D eigenvalue weighted by Crippen LogP contribution is 2.25. The Morgan fingerprint density at radius 2 is 1.64 bits per heavy atom. The summed E-state index contributed by atoms with van der Waals surface area (Å²) in [7, 11) is 1.41. The van der Waals surface area contributed by atoms with Crippen LogP contribution in [-0.2, 0) is 14.3 Å². The van der Waals surface area contributed by atoms with Gasteiger partial charge in [-0.1, -0.05) is 13.3 Å². The summed E-state index contributed by atoms with van der Waals surface area (Å²) >= 11 is 0. The zero-order chi connectivity index (χ0) is 17.3. The number of methoxy groups -OCH3 is 1. The van der Waals surface area contributed by atoms with Gasteiger partial charge < -0.3 is 14.4 Å². The molecule has 1 aliphatic rings. The van der Waals surface area contributed by atoms with E-state index in [0.717, 1.165) is 25.7 Å². The first-order valence-corrected chi connectivity index (χ1v) is 8.20. The van der Waals surface area contributed by atoms with Crippen LogP contribution in [-0.4, -0.2) is 41.8 Å². The molecule has 2 unspecified atom stereocenters. The van der Waals surface area contributed by atoms with Gasteiger partial charge in [-0.05, 0) is 53.9 Å². The molecule has 0 radical (unpaired) electrons. The molecule has 1 aliphatic heterocycles. The Kier molecular flexibility index (Phi) is 9.14. The number of amides is 1. The summed E-state index contributed by atoms with van der Waals surface area (Å²) in [6.07, 6.45) is 4.55. The summed E-state index contributed by atoms with van der Waals surface area (Å²) in [6, 6.07) is 0.639. The van der Waals surface area contributed by atoms with Crippen molar-refractivity contribution in [3.05, 3.63) is 0 Å². The third-order valence-electron chi connectivity index (χ3n) is 3.52. The van der Waals surface area contributed by atoms with Gasteiger partial charge in [0.1, 0.15) is 5.60 Å². The number of carbonyl (C=O) groups excluding carboxylic acids is 2. The third kappa shape index (κ3) is 8.25. The Balaban J connectivity index is 0.000000472. The van der Waals surface area contributed by atoms with Gasteiger partial charge in [-0.15, -0.1) is 0 Å². The van der Waals surface area contributed by atoms with Crippen LogP contribution in [0.4, 0.5) is 4.79 Å². The molecule has 1 heterocycles. The second-order valence-electron chi connectivity index (χ2n) is 6.84. The maximum atomic E-state index is 11.8. The fraction of sp³-hybridized carbons (Fsp3) is 0.882. The summed E-state index contributed by atoms with van der Waals surface area (Å²) in [5, 5.41) is 0. The van der Waals surface area contributed by atoms with Gasteiger partial charge in [0, 0.05) is 18.5 Å². The van der Waals surface area contributed by atoms with Crippen molar-refractivity contribution >= 4 is 12.1 Å². The van der Waals surface area contributed by atoms with Crippen molar-refractivity contribution < 1.29 is 19.1 Å². The predicted octanol–water partition coefficient (Wildman–Crippen LogP) is 4.14. The van der Waals surface area contributed by atoms with Crippen molar-refractivity contribution in [2.75, 3.05) is 7.11 Å². The summed E-state index contributed by atoms with van der Waals surface area (Å²) in [6.45, 7) is 11.9. The first kappa shape index (κ1) is 20.7. The van der Waals surface area contributed by atoms with Crippen molar-refractivity contribution in [3.8, 4) is 0 Å². The lowest BCUT2D eigenvalue weighted by molar-refractivity contribution is -0.140. The molecule has 0 aromatic carbocycles. The second-order valence-corrected chi connectivity index (χ2v) is 6.84. The molecule has 5 nitrogen and oxygen atoms in total. The summed E-state index contributed by atoms with van der Waals surface area (Å²) in [5.74, 6) is -0.105. The molecule has 0 aliphatic carbocycles. The average Bonchev–Trinajstić information content (AvgIpc) is 2.74. The van der Waals surface area contributed by atoms with E-state index in [4.69, 9.17) is 4.74 Å². The van der Waals surface area contributed by atoms with Crippen molar-refractivity contribution in [1.82, 2.24) is 4.90 Å². The van der Waals surface area contributed by atoms with Gasteiger partial charge in [-0.25, -0.2) is 4.79 Å². The van der Waals surface area contributed by atoms with E-state index in [9.17, 15) is 9.59 Å². The van der Waals surface area contributed by atoms with Crippen molar-refractivity contribution in [3.63, 3.8) is 0 Å². The van der Waals surface area contributed by atoms with Crippen LogP contribution in [0, 0.1) is 0 Å². The summed E-state index contributed by atoms with van der Waals surface area (Å²) in [4.78, 5) is 24.0. The predicted molar refractivity (Wildman–Crippen MR) is 87.8 cm³/mol. The molecule has 0 aromatic rings. The van der Waals surface area contributed by atoms with Crippen LogP contribution in [0.15, 0.2) is 0 Å². The number of carbonyl (C=O) groups is 2. The number of rotatable bonds is 3. The molecule has 1 rings (SSSR count). The third-order valence-corrected chi connectivity index (χ3v) is 3.52. The average molecular weight is 315 g/mol. The molecule has 0 spiro atoms. The number of esters is 1. The van der Waals surface area contributed by atoms with Gasteiger partial charge in [0.05, 0.1) is 7.11 Å². The molecule has 1 amide bonds. The maximum absolute atomic E-state index is 11.8. The quantitative estimate of drug-likeness (QED) is 0.734. The molecule has 5 heteroatoms. The van der Waals surface area contributed by atoms with Gasteiger partial charge in [-0.3, -0.25) is 4.79 Å². The molecule has 1 saturated heterocycles. The van der Waals surface area contributed by atoms with Crippen LogP contribution in [0.25, 0.3) is 0 Å².